The minimum atomic E-state index is -0.624. The molecule has 1 amide bonds. The van der Waals surface area contributed by atoms with Gasteiger partial charge in [0.2, 0.25) is 5.91 Å². The molecule has 0 bridgehead atoms. The lowest BCUT2D eigenvalue weighted by Gasteiger charge is -2.06. The third-order valence-electron chi connectivity index (χ3n) is 3.26. The van der Waals surface area contributed by atoms with Gasteiger partial charge in [0.1, 0.15) is 5.82 Å². The van der Waals surface area contributed by atoms with Crippen molar-refractivity contribution in [1.29, 1.82) is 0 Å². The summed E-state index contributed by atoms with van der Waals surface area (Å²) in [6.07, 6.45) is 0.0647. The number of rotatable bonds is 4. The number of methoxy groups -OCH3 is 1. The Morgan fingerprint density at radius 1 is 1.32 bits per heavy atom. The van der Waals surface area contributed by atoms with Gasteiger partial charge in [-0.15, -0.1) is 0 Å². The Hall–Kier alpha value is -2.70. The summed E-state index contributed by atoms with van der Waals surface area (Å²) < 4.78 is 19.0. The number of carbonyl (C=O) groups excluding carboxylic acids is 2. The van der Waals surface area contributed by atoms with Gasteiger partial charge in [-0.25, -0.2) is 9.18 Å². The molecule has 0 aliphatic heterocycles. The number of amides is 1. The molecule has 0 spiro atoms. The fourth-order valence-corrected chi connectivity index (χ4v) is 1.97. The lowest BCUT2D eigenvalue weighted by Crippen LogP contribution is -2.17. The van der Waals surface area contributed by atoms with E-state index in [1.807, 2.05) is 0 Å². The van der Waals surface area contributed by atoms with Gasteiger partial charge < -0.3 is 10.1 Å². The molecule has 1 heterocycles. The van der Waals surface area contributed by atoms with E-state index in [4.69, 9.17) is 0 Å². The highest BCUT2D eigenvalue weighted by molar-refractivity contribution is 6.01. The largest absolute Gasteiger partial charge is 0.464 e. The third kappa shape index (κ3) is 3.30. The van der Waals surface area contributed by atoms with Crippen LogP contribution in [0, 0.1) is 12.7 Å². The Morgan fingerprint density at radius 2 is 1.95 bits per heavy atom. The van der Waals surface area contributed by atoms with E-state index >= 15 is 0 Å². The van der Waals surface area contributed by atoms with Crippen LogP contribution in [0.15, 0.2) is 24.3 Å². The topological polar surface area (TPSA) is 73.2 Å². The van der Waals surface area contributed by atoms with Gasteiger partial charge in [0.05, 0.1) is 24.9 Å². The molecule has 0 aliphatic rings. The lowest BCUT2D eigenvalue weighted by molar-refractivity contribution is -0.115. The molecule has 6 nitrogen and oxygen atoms in total. The summed E-state index contributed by atoms with van der Waals surface area (Å²) in [5, 5.41) is 6.69. The van der Waals surface area contributed by atoms with Gasteiger partial charge in [-0.3, -0.25) is 9.48 Å². The van der Waals surface area contributed by atoms with Crippen LogP contribution in [0.3, 0.4) is 0 Å². The van der Waals surface area contributed by atoms with Crippen molar-refractivity contribution in [3.63, 3.8) is 0 Å². The first kappa shape index (κ1) is 15.7. The van der Waals surface area contributed by atoms with Gasteiger partial charge in [-0.2, -0.15) is 5.10 Å². The number of esters is 1. The van der Waals surface area contributed by atoms with E-state index in [0.717, 1.165) is 0 Å². The molecular formula is C15H16FN3O3. The molecule has 2 aromatic rings. The number of ether oxygens (including phenoxy) is 1. The molecule has 0 aliphatic carbocycles. The molecule has 0 atom stereocenters. The van der Waals surface area contributed by atoms with Crippen molar-refractivity contribution in [3.05, 3.63) is 47.0 Å². The summed E-state index contributed by atoms with van der Waals surface area (Å²) in [4.78, 5) is 23.8. The summed E-state index contributed by atoms with van der Waals surface area (Å²) in [7, 11) is 2.91. The van der Waals surface area contributed by atoms with Crippen molar-refractivity contribution in [3.8, 4) is 0 Å². The molecular weight excluding hydrogens is 289 g/mol. The summed E-state index contributed by atoms with van der Waals surface area (Å²) in [5.41, 5.74) is 1.67. The number of hydrogen-bond donors (Lipinski definition) is 1. The van der Waals surface area contributed by atoms with Crippen LogP contribution in [-0.4, -0.2) is 28.8 Å². The van der Waals surface area contributed by atoms with E-state index in [1.165, 1.54) is 36.1 Å². The predicted octanol–water partition coefficient (Wildman–Crippen LogP) is 1.84. The Labute approximate surface area is 126 Å². The number of aromatic nitrogens is 2. The van der Waals surface area contributed by atoms with E-state index in [0.29, 0.717) is 16.9 Å². The van der Waals surface area contributed by atoms with Gasteiger partial charge in [0, 0.05) is 7.05 Å². The molecule has 22 heavy (non-hydrogen) atoms. The van der Waals surface area contributed by atoms with E-state index in [2.05, 4.69) is 15.2 Å². The van der Waals surface area contributed by atoms with E-state index in [1.54, 1.807) is 14.0 Å². The zero-order chi connectivity index (χ0) is 16.3. The number of benzene rings is 1. The van der Waals surface area contributed by atoms with Crippen LogP contribution in [0.5, 0.6) is 0 Å². The van der Waals surface area contributed by atoms with Crippen LogP contribution in [0.4, 0.5) is 10.1 Å². The Kier molecular flexibility index (Phi) is 4.55. The average Bonchev–Trinajstić information content (AvgIpc) is 2.77. The second-order valence-electron chi connectivity index (χ2n) is 4.78. The molecule has 1 N–H and O–H groups in total. The smallest absolute Gasteiger partial charge is 0.360 e. The minimum absolute atomic E-state index is 0.0509. The number of nitrogens with zero attached hydrogens (tertiary/aromatic N) is 2. The quantitative estimate of drug-likeness (QED) is 0.875. The van der Waals surface area contributed by atoms with Crippen molar-refractivity contribution >= 4 is 17.6 Å². The van der Waals surface area contributed by atoms with E-state index in [-0.39, 0.29) is 23.8 Å². The molecule has 116 valence electrons. The Morgan fingerprint density at radius 3 is 2.55 bits per heavy atom. The summed E-state index contributed by atoms with van der Waals surface area (Å²) >= 11 is 0. The van der Waals surface area contributed by atoms with Gasteiger partial charge >= 0.3 is 5.97 Å². The number of aryl methyl sites for hydroxylation is 1. The van der Waals surface area contributed by atoms with Crippen LogP contribution < -0.4 is 5.32 Å². The first-order chi connectivity index (χ1) is 10.4. The van der Waals surface area contributed by atoms with Crippen LogP contribution in [0.1, 0.15) is 21.7 Å². The highest BCUT2D eigenvalue weighted by Crippen LogP contribution is 2.20. The fraction of sp³-hybridized carbons (Fsp3) is 0.267. The molecule has 1 aromatic heterocycles. The van der Waals surface area contributed by atoms with Gasteiger partial charge in [-0.1, -0.05) is 12.1 Å². The Balaban J connectivity index is 2.17. The highest BCUT2D eigenvalue weighted by Gasteiger charge is 2.21. The molecule has 1 aromatic carbocycles. The third-order valence-corrected chi connectivity index (χ3v) is 3.26. The second-order valence-corrected chi connectivity index (χ2v) is 4.78. The van der Waals surface area contributed by atoms with Crippen molar-refractivity contribution in [2.45, 2.75) is 13.3 Å². The van der Waals surface area contributed by atoms with Crippen molar-refractivity contribution in [2.24, 2.45) is 7.05 Å². The van der Waals surface area contributed by atoms with Crippen molar-refractivity contribution in [1.82, 2.24) is 9.78 Å². The van der Waals surface area contributed by atoms with Crippen molar-refractivity contribution < 1.29 is 18.7 Å². The van der Waals surface area contributed by atoms with Crippen molar-refractivity contribution in [2.75, 3.05) is 12.4 Å². The van der Waals surface area contributed by atoms with Crippen LogP contribution in [0.2, 0.25) is 0 Å². The van der Waals surface area contributed by atoms with Crippen LogP contribution in [-0.2, 0) is 23.0 Å². The molecule has 0 saturated heterocycles. The molecule has 2 rings (SSSR count). The summed E-state index contributed by atoms with van der Waals surface area (Å²) in [6, 6.07) is 5.65. The maximum atomic E-state index is 12.8. The zero-order valence-electron chi connectivity index (χ0n) is 12.5. The van der Waals surface area contributed by atoms with Gasteiger partial charge in [-0.05, 0) is 24.6 Å². The number of carbonyl (C=O) groups is 2. The molecule has 7 heteroatoms. The zero-order valence-corrected chi connectivity index (χ0v) is 12.5. The average molecular weight is 305 g/mol. The summed E-state index contributed by atoms with van der Waals surface area (Å²) in [5.74, 6) is -1.31. The fourth-order valence-electron chi connectivity index (χ4n) is 1.97. The predicted molar refractivity (Wildman–Crippen MR) is 78.0 cm³/mol. The lowest BCUT2D eigenvalue weighted by atomic mass is 10.1. The second kappa shape index (κ2) is 6.38. The highest BCUT2D eigenvalue weighted by atomic mass is 19.1. The maximum Gasteiger partial charge on any atom is 0.360 e. The minimum Gasteiger partial charge on any atom is -0.464 e. The normalized spacial score (nSPS) is 10.4. The number of anilines is 1. The molecule has 0 unspecified atom stereocenters. The van der Waals surface area contributed by atoms with Crippen LogP contribution in [0.25, 0.3) is 0 Å². The number of hydrogen-bond acceptors (Lipinski definition) is 4. The Bertz CT molecular complexity index is 708. The number of halogens is 1. The standard InChI is InChI=1S/C15H16FN3O3/c1-9-13(14(15(21)22-3)18-19(9)2)17-12(20)8-10-4-6-11(16)7-5-10/h4-7H,8H2,1-3H3,(H,17,20). The monoisotopic (exact) mass is 305 g/mol. The number of nitrogens with one attached hydrogen (secondary N) is 1. The van der Waals surface area contributed by atoms with E-state index in [9.17, 15) is 14.0 Å². The van der Waals surface area contributed by atoms with E-state index < -0.39 is 5.97 Å². The van der Waals surface area contributed by atoms with Gasteiger partial charge in [0.15, 0.2) is 5.69 Å². The first-order valence-corrected chi connectivity index (χ1v) is 6.58. The molecule has 0 radical (unpaired) electrons. The van der Waals surface area contributed by atoms with Crippen LogP contribution >= 0.6 is 0 Å². The first-order valence-electron chi connectivity index (χ1n) is 6.58. The SMILES string of the molecule is COC(=O)c1nn(C)c(C)c1NC(=O)Cc1ccc(F)cc1. The summed E-state index contributed by atoms with van der Waals surface area (Å²) in [6.45, 7) is 1.73. The molecule has 0 fully saturated rings. The maximum absolute atomic E-state index is 12.8. The molecule has 0 saturated carbocycles. The van der Waals surface area contributed by atoms with Gasteiger partial charge in [0.25, 0.3) is 0 Å².